The van der Waals surface area contributed by atoms with E-state index >= 15 is 0 Å². The minimum Gasteiger partial charge on any atom is -0.390 e. The number of likely N-dealkylation sites (tertiary alicyclic amines) is 1. The maximum absolute atomic E-state index is 10.7. The molecule has 0 saturated carbocycles. The molecule has 3 aromatic rings. The number of nitrogens with zero attached hydrogens (tertiary/aromatic N) is 2. The van der Waals surface area contributed by atoms with Gasteiger partial charge in [-0.1, -0.05) is 38.3 Å². The van der Waals surface area contributed by atoms with E-state index in [1.54, 1.807) is 0 Å². The van der Waals surface area contributed by atoms with Crippen LogP contribution in [0.15, 0.2) is 45.3 Å². The number of aliphatic hydroxyl groups excluding tert-OH is 1. The van der Waals surface area contributed by atoms with E-state index in [0.29, 0.717) is 6.54 Å². The van der Waals surface area contributed by atoms with E-state index in [1.165, 1.54) is 41.1 Å². The van der Waals surface area contributed by atoms with Crippen LogP contribution in [-0.2, 0) is 6.54 Å². The number of piperidine rings is 1. The van der Waals surface area contributed by atoms with Gasteiger partial charge in [-0.25, -0.2) is 0 Å². The van der Waals surface area contributed by atoms with Crippen LogP contribution >= 0.6 is 31.9 Å². The van der Waals surface area contributed by atoms with Gasteiger partial charge in [-0.15, -0.1) is 0 Å². The fraction of sp³-hybridized carbons (Fsp3) is 0.400. The lowest BCUT2D eigenvalue weighted by Crippen LogP contribution is -2.38. The summed E-state index contributed by atoms with van der Waals surface area (Å²) in [7, 11) is 0. The Hall–Kier alpha value is -0.880. The quantitative estimate of drug-likeness (QED) is 0.575. The number of aliphatic hydroxyl groups is 1. The zero-order valence-corrected chi connectivity index (χ0v) is 17.3. The normalized spacial score (nSPS) is 17.4. The molecule has 0 amide bonds. The van der Waals surface area contributed by atoms with Crippen LogP contribution in [0.4, 0.5) is 0 Å². The van der Waals surface area contributed by atoms with Crippen LogP contribution in [0, 0.1) is 0 Å². The third-order valence-corrected chi connectivity index (χ3v) is 6.09. The Morgan fingerprint density at radius 2 is 1.40 bits per heavy atom. The molecule has 0 aliphatic carbocycles. The topological polar surface area (TPSA) is 28.4 Å². The van der Waals surface area contributed by atoms with Gasteiger partial charge < -0.3 is 14.6 Å². The monoisotopic (exact) mass is 464 g/mol. The average Bonchev–Trinajstić information content (AvgIpc) is 2.88. The first-order chi connectivity index (χ1) is 12.1. The van der Waals surface area contributed by atoms with Gasteiger partial charge in [0.25, 0.3) is 0 Å². The summed E-state index contributed by atoms with van der Waals surface area (Å²) in [6, 6.07) is 12.8. The lowest BCUT2D eigenvalue weighted by Gasteiger charge is -2.28. The molecular weight excluding hydrogens is 444 g/mol. The predicted octanol–water partition coefficient (Wildman–Crippen LogP) is 5.17. The molecule has 0 radical (unpaired) electrons. The second-order valence-corrected chi connectivity index (χ2v) is 8.78. The van der Waals surface area contributed by atoms with Crippen LogP contribution < -0.4 is 0 Å². The van der Waals surface area contributed by atoms with Gasteiger partial charge in [0.1, 0.15) is 0 Å². The molecule has 1 fully saturated rings. The molecule has 0 unspecified atom stereocenters. The molecule has 25 heavy (non-hydrogen) atoms. The fourth-order valence-electron chi connectivity index (χ4n) is 3.95. The maximum Gasteiger partial charge on any atom is 0.0845 e. The predicted molar refractivity (Wildman–Crippen MR) is 111 cm³/mol. The van der Waals surface area contributed by atoms with Crippen molar-refractivity contribution in [1.82, 2.24) is 9.47 Å². The van der Waals surface area contributed by atoms with Crippen molar-refractivity contribution >= 4 is 53.7 Å². The highest BCUT2D eigenvalue weighted by atomic mass is 79.9. The van der Waals surface area contributed by atoms with Crippen LogP contribution in [0.1, 0.15) is 19.3 Å². The molecule has 0 spiro atoms. The van der Waals surface area contributed by atoms with Crippen molar-refractivity contribution < 1.29 is 5.11 Å². The number of hydrogen-bond donors (Lipinski definition) is 1. The van der Waals surface area contributed by atoms with Gasteiger partial charge in [-0.3, -0.25) is 0 Å². The summed E-state index contributed by atoms with van der Waals surface area (Å²) >= 11 is 7.17. The van der Waals surface area contributed by atoms with Crippen molar-refractivity contribution in [2.45, 2.75) is 31.9 Å². The highest BCUT2D eigenvalue weighted by molar-refractivity contribution is 9.10. The van der Waals surface area contributed by atoms with Gasteiger partial charge in [0.2, 0.25) is 0 Å². The Labute approximate surface area is 164 Å². The highest BCUT2D eigenvalue weighted by Gasteiger charge is 2.18. The average molecular weight is 466 g/mol. The van der Waals surface area contributed by atoms with Gasteiger partial charge in [0.15, 0.2) is 0 Å². The van der Waals surface area contributed by atoms with Crippen molar-refractivity contribution in [3.8, 4) is 0 Å². The van der Waals surface area contributed by atoms with Gasteiger partial charge in [-0.05, 0) is 62.3 Å². The zero-order chi connectivity index (χ0) is 17.4. The SMILES string of the molecule is O[C@@H](CN1CCCCC1)Cn1c2ccc(Br)cc2c2cc(Br)ccc21. The first-order valence-corrected chi connectivity index (χ1v) is 10.5. The molecule has 1 aliphatic rings. The number of β-amino-alcohol motifs (C(OH)–C–C–N with tert-alkyl or cyclic N) is 1. The number of benzene rings is 2. The molecule has 1 N–H and O–H groups in total. The zero-order valence-electron chi connectivity index (χ0n) is 14.1. The van der Waals surface area contributed by atoms with Crippen LogP contribution in [0.25, 0.3) is 21.8 Å². The van der Waals surface area contributed by atoms with Crippen LogP contribution in [0.2, 0.25) is 0 Å². The lowest BCUT2D eigenvalue weighted by atomic mass is 10.1. The summed E-state index contributed by atoms with van der Waals surface area (Å²) in [5.74, 6) is 0. The molecule has 1 aromatic heterocycles. The van der Waals surface area contributed by atoms with Crippen molar-refractivity contribution in [3.63, 3.8) is 0 Å². The minimum atomic E-state index is -0.357. The lowest BCUT2D eigenvalue weighted by molar-refractivity contribution is 0.0901. The summed E-state index contributed by atoms with van der Waals surface area (Å²) in [6.45, 7) is 3.61. The van der Waals surface area contributed by atoms with Crippen molar-refractivity contribution in [2.75, 3.05) is 19.6 Å². The maximum atomic E-state index is 10.7. The number of rotatable bonds is 4. The molecule has 1 saturated heterocycles. The number of fused-ring (bicyclic) bond motifs is 3. The van der Waals surface area contributed by atoms with Gasteiger partial charge in [-0.2, -0.15) is 0 Å². The molecule has 2 aromatic carbocycles. The van der Waals surface area contributed by atoms with E-state index in [-0.39, 0.29) is 6.10 Å². The standard InChI is InChI=1S/C20H22Br2N2O/c21-14-4-6-19-17(10-14)18-11-15(22)5-7-20(18)24(19)13-16(25)12-23-8-2-1-3-9-23/h4-7,10-11,16,25H,1-3,8-9,12-13H2/t16-/m0/s1. The molecule has 2 heterocycles. The van der Waals surface area contributed by atoms with Crippen LogP contribution in [0.5, 0.6) is 0 Å². The Morgan fingerprint density at radius 1 is 0.840 bits per heavy atom. The Balaban J connectivity index is 1.69. The van der Waals surface area contributed by atoms with Crippen molar-refractivity contribution in [1.29, 1.82) is 0 Å². The van der Waals surface area contributed by atoms with Crippen LogP contribution in [-0.4, -0.2) is 40.3 Å². The van der Waals surface area contributed by atoms with E-state index in [1.807, 2.05) is 0 Å². The second-order valence-electron chi connectivity index (χ2n) is 6.95. The Morgan fingerprint density at radius 3 is 1.96 bits per heavy atom. The first-order valence-electron chi connectivity index (χ1n) is 8.89. The summed E-state index contributed by atoms with van der Waals surface area (Å²) in [4.78, 5) is 2.40. The summed E-state index contributed by atoms with van der Waals surface area (Å²) in [6.07, 6.45) is 3.47. The molecule has 5 heteroatoms. The number of halogens is 2. The van der Waals surface area contributed by atoms with Gasteiger partial charge >= 0.3 is 0 Å². The van der Waals surface area contributed by atoms with Crippen molar-refractivity contribution in [2.24, 2.45) is 0 Å². The fourth-order valence-corrected chi connectivity index (χ4v) is 4.68. The summed E-state index contributed by atoms with van der Waals surface area (Å²) in [5, 5.41) is 13.2. The highest BCUT2D eigenvalue weighted by Crippen LogP contribution is 2.33. The largest absolute Gasteiger partial charge is 0.390 e. The number of hydrogen-bond acceptors (Lipinski definition) is 2. The third kappa shape index (κ3) is 3.65. The molecular formula is C20H22Br2N2O. The minimum absolute atomic E-state index is 0.357. The third-order valence-electron chi connectivity index (χ3n) is 5.10. The first kappa shape index (κ1) is 17.5. The molecule has 132 valence electrons. The van der Waals surface area contributed by atoms with Gasteiger partial charge in [0, 0.05) is 37.3 Å². The smallest absolute Gasteiger partial charge is 0.0845 e. The van der Waals surface area contributed by atoms with E-state index in [2.05, 4.69) is 77.7 Å². The van der Waals surface area contributed by atoms with E-state index in [9.17, 15) is 5.11 Å². The molecule has 0 bridgehead atoms. The van der Waals surface area contributed by atoms with Crippen LogP contribution in [0.3, 0.4) is 0 Å². The van der Waals surface area contributed by atoms with Crippen molar-refractivity contribution in [3.05, 3.63) is 45.3 Å². The Kier molecular flexibility index (Phi) is 5.18. The Bertz CT molecular complexity index is 840. The van der Waals surface area contributed by atoms with E-state index in [4.69, 9.17) is 0 Å². The second kappa shape index (κ2) is 7.39. The molecule has 1 aliphatic heterocycles. The summed E-state index contributed by atoms with van der Waals surface area (Å²) < 4.78 is 4.42. The van der Waals surface area contributed by atoms with E-state index in [0.717, 1.165) is 28.6 Å². The van der Waals surface area contributed by atoms with E-state index < -0.39 is 0 Å². The molecule has 3 nitrogen and oxygen atoms in total. The molecule has 4 rings (SSSR count). The number of aromatic nitrogens is 1. The summed E-state index contributed by atoms with van der Waals surface area (Å²) in [5.41, 5.74) is 2.35. The van der Waals surface area contributed by atoms with Gasteiger partial charge in [0.05, 0.1) is 12.6 Å². The molecule has 1 atom stereocenters.